The largest absolute Gasteiger partial charge is 0.367 e. The van der Waals surface area contributed by atoms with Gasteiger partial charge in [-0.3, -0.25) is 0 Å². The summed E-state index contributed by atoms with van der Waals surface area (Å²) in [5, 5.41) is 8.06. The maximum absolute atomic E-state index is 5.96. The van der Waals surface area contributed by atoms with Crippen LogP contribution in [0.5, 0.6) is 0 Å². The summed E-state index contributed by atoms with van der Waals surface area (Å²) in [6.45, 7) is 0. The van der Waals surface area contributed by atoms with Crippen molar-refractivity contribution in [2.24, 2.45) is 0 Å². The topological polar surface area (TPSA) is 55.1 Å². The van der Waals surface area contributed by atoms with Crippen LogP contribution < -0.4 is 5.32 Å². The molecule has 1 N–H and O–H groups in total. The number of halogens is 1. The fraction of sp³-hybridized carbons (Fsp3) is 0.500. The highest BCUT2D eigenvalue weighted by molar-refractivity contribution is 7.99. The number of rotatable bonds is 2. The summed E-state index contributed by atoms with van der Waals surface area (Å²) in [7, 11) is 0. The lowest BCUT2D eigenvalue weighted by Gasteiger charge is -2.23. The van der Waals surface area contributed by atoms with Crippen molar-refractivity contribution in [3.8, 4) is 0 Å². The van der Waals surface area contributed by atoms with E-state index in [-0.39, 0.29) is 0 Å². The van der Waals surface area contributed by atoms with Gasteiger partial charge in [0.05, 0.1) is 0 Å². The fourth-order valence-electron chi connectivity index (χ4n) is 1.94. The molecule has 5 nitrogen and oxygen atoms in total. The standard InChI is InChI=1S/C10H12ClN5S/c11-8-5-9(14-7-1-3-17-4-2-7)16-10(15-8)12-6-13-16/h5-7,14H,1-4H2. The number of nitrogens with zero attached hydrogens (tertiary/aromatic N) is 4. The minimum atomic E-state index is 0.443. The SMILES string of the molecule is Clc1cc(NC2CCSCC2)n2ncnc2n1. The average Bonchev–Trinajstić information content (AvgIpc) is 2.78. The summed E-state index contributed by atoms with van der Waals surface area (Å²) in [5.41, 5.74) is 0. The van der Waals surface area contributed by atoms with Crippen LogP contribution in [0.4, 0.5) is 5.82 Å². The number of hydrogen-bond acceptors (Lipinski definition) is 5. The minimum Gasteiger partial charge on any atom is -0.367 e. The zero-order valence-electron chi connectivity index (χ0n) is 9.14. The van der Waals surface area contributed by atoms with E-state index in [4.69, 9.17) is 11.6 Å². The molecule has 0 amide bonds. The molecule has 7 heteroatoms. The molecule has 1 fully saturated rings. The molecule has 0 aromatic carbocycles. The summed E-state index contributed by atoms with van der Waals surface area (Å²) < 4.78 is 1.69. The van der Waals surface area contributed by atoms with Crippen LogP contribution in [0.1, 0.15) is 12.8 Å². The fourth-order valence-corrected chi connectivity index (χ4v) is 3.22. The van der Waals surface area contributed by atoms with Crippen molar-refractivity contribution in [3.05, 3.63) is 17.5 Å². The first-order chi connectivity index (χ1) is 8.33. The molecule has 0 unspecified atom stereocenters. The number of nitrogens with one attached hydrogen (secondary N) is 1. The van der Waals surface area contributed by atoms with Gasteiger partial charge in [-0.05, 0) is 24.3 Å². The Hall–Kier alpha value is -1.01. The molecule has 0 spiro atoms. The molecule has 1 saturated heterocycles. The molecule has 1 aliphatic heterocycles. The lowest BCUT2D eigenvalue weighted by molar-refractivity contribution is 0.659. The third kappa shape index (κ3) is 2.32. The Balaban J connectivity index is 1.90. The number of aromatic nitrogens is 4. The van der Waals surface area contributed by atoms with Crippen molar-refractivity contribution >= 4 is 35.0 Å². The smallest absolute Gasteiger partial charge is 0.255 e. The van der Waals surface area contributed by atoms with Gasteiger partial charge in [0.2, 0.25) is 0 Å². The van der Waals surface area contributed by atoms with Gasteiger partial charge in [-0.15, -0.1) is 0 Å². The van der Waals surface area contributed by atoms with Crippen LogP contribution in [0.2, 0.25) is 5.15 Å². The molecule has 3 heterocycles. The van der Waals surface area contributed by atoms with Crippen LogP contribution >= 0.6 is 23.4 Å². The van der Waals surface area contributed by atoms with Crippen molar-refractivity contribution in [2.75, 3.05) is 16.8 Å². The van der Waals surface area contributed by atoms with Gasteiger partial charge in [0, 0.05) is 12.1 Å². The maximum Gasteiger partial charge on any atom is 0.255 e. The van der Waals surface area contributed by atoms with E-state index in [1.807, 2.05) is 11.8 Å². The molecule has 3 rings (SSSR count). The van der Waals surface area contributed by atoms with Crippen LogP contribution in [-0.4, -0.2) is 37.1 Å². The molecule has 90 valence electrons. The van der Waals surface area contributed by atoms with Crippen molar-refractivity contribution in [1.29, 1.82) is 0 Å². The summed E-state index contributed by atoms with van der Waals surface area (Å²) in [6.07, 6.45) is 3.82. The highest BCUT2D eigenvalue weighted by Gasteiger charge is 2.15. The molecule has 1 aliphatic rings. The second-order valence-electron chi connectivity index (χ2n) is 3.97. The molecule has 17 heavy (non-hydrogen) atoms. The second kappa shape index (κ2) is 4.70. The van der Waals surface area contributed by atoms with Gasteiger partial charge in [-0.2, -0.15) is 31.3 Å². The van der Waals surface area contributed by atoms with E-state index in [0.29, 0.717) is 17.0 Å². The first-order valence-electron chi connectivity index (χ1n) is 5.53. The van der Waals surface area contributed by atoms with Crippen molar-refractivity contribution in [2.45, 2.75) is 18.9 Å². The average molecular weight is 270 g/mol. The highest BCUT2D eigenvalue weighted by Crippen LogP contribution is 2.22. The zero-order chi connectivity index (χ0) is 11.7. The second-order valence-corrected chi connectivity index (χ2v) is 5.58. The molecule has 2 aromatic heterocycles. The maximum atomic E-state index is 5.96. The number of fused-ring (bicyclic) bond motifs is 1. The van der Waals surface area contributed by atoms with Crippen LogP contribution in [0.25, 0.3) is 5.78 Å². The quantitative estimate of drug-likeness (QED) is 0.846. The van der Waals surface area contributed by atoms with Gasteiger partial charge in [-0.25, -0.2) is 0 Å². The third-order valence-electron chi connectivity index (χ3n) is 2.79. The third-order valence-corrected chi connectivity index (χ3v) is 4.04. The molecule has 0 atom stereocenters. The van der Waals surface area contributed by atoms with Crippen LogP contribution in [0.3, 0.4) is 0 Å². The monoisotopic (exact) mass is 269 g/mol. The number of hydrogen-bond donors (Lipinski definition) is 1. The minimum absolute atomic E-state index is 0.443. The lowest BCUT2D eigenvalue weighted by Crippen LogP contribution is -2.25. The van der Waals surface area contributed by atoms with Gasteiger partial charge in [-0.1, -0.05) is 11.6 Å². The molecular weight excluding hydrogens is 258 g/mol. The molecule has 0 aliphatic carbocycles. The van der Waals surface area contributed by atoms with Gasteiger partial charge in [0.1, 0.15) is 17.3 Å². The molecular formula is C10H12ClN5S. The van der Waals surface area contributed by atoms with Crippen LogP contribution in [-0.2, 0) is 0 Å². The van der Waals surface area contributed by atoms with Gasteiger partial charge in [0.25, 0.3) is 5.78 Å². The van der Waals surface area contributed by atoms with E-state index in [9.17, 15) is 0 Å². The molecule has 2 aromatic rings. The Morgan fingerprint density at radius 1 is 1.41 bits per heavy atom. The van der Waals surface area contributed by atoms with E-state index in [1.54, 1.807) is 10.6 Å². The number of anilines is 1. The van der Waals surface area contributed by atoms with Crippen molar-refractivity contribution < 1.29 is 0 Å². The van der Waals surface area contributed by atoms with Crippen molar-refractivity contribution in [3.63, 3.8) is 0 Å². The first-order valence-corrected chi connectivity index (χ1v) is 7.07. The Labute approximate surface area is 108 Å². The highest BCUT2D eigenvalue weighted by atomic mass is 35.5. The van der Waals surface area contributed by atoms with Crippen LogP contribution in [0.15, 0.2) is 12.4 Å². The Morgan fingerprint density at radius 3 is 3.06 bits per heavy atom. The predicted octanol–water partition coefficient (Wildman–Crippen LogP) is 2.09. The van der Waals surface area contributed by atoms with E-state index in [1.165, 1.54) is 30.7 Å². The van der Waals surface area contributed by atoms with E-state index in [0.717, 1.165) is 5.82 Å². The summed E-state index contributed by atoms with van der Waals surface area (Å²) in [6, 6.07) is 2.28. The van der Waals surface area contributed by atoms with Crippen LogP contribution in [0, 0.1) is 0 Å². The first kappa shape index (κ1) is 11.1. The number of thioether (sulfide) groups is 1. The van der Waals surface area contributed by atoms with E-state index >= 15 is 0 Å². The molecule has 0 saturated carbocycles. The normalized spacial score (nSPS) is 17.5. The van der Waals surface area contributed by atoms with Crippen molar-refractivity contribution in [1.82, 2.24) is 19.6 Å². The van der Waals surface area contributed by atoms with Gasteiger partial charge in [0.15, 0.2) is 0 Å². The summed E-state index contributed by atoms with van der Waals surface area (Å²) in [4.78, 5) is 8.15. The molecule has 0 bridgehead atoms. The summed E-state index contributed by atoms with van der Waals surface area (Å²) in [5.74, 6) is 3.81. The van der Waals surface area contributed by atoms with E-state index in [2.05, 4.69) is 20.4 Å². The Bertz CT molecular complexity index is 522. The zero-order valence-corrected chi connectivity index (χ0v) is 10.7. The van der Waals surface area contributed by atoms with Gasteiger partial charge >= 0.3 is 0 Å². The lowest BCUT2D eigenvalue weighted by atomic mass is 10.1. The Morgan fingerprint density at radius 2 is 2.24 bits per heavy atom. The van der Waals surface area contributed by atoms with Gasteiger partial charge < -0.3 is 5.32 Å². The predicted molar refractivity (Wildman–Crippen MR) is 69.8 cm³/mol. The Kier molecular flexibility index (Phi) is 3.07. The van der Waals surface area contributed by atoms with E-state index < -0.39 is 0 Å². The summed E-state index contributed by atoms with van der Waals surface area (Å²) >= 11 is 7.97. The molecule has 0 radical (unpaired) electrons.